The van der Waals surface area contributed by atoms with Crippen molar-refractivity contribution in [3.63, 3.8) is 0 Å². The van der Waals surface area contributed by atoms with Gasteiger partial charge in [-0.2, -0.15) is 0 Å². The van der Waals surface area contributed by atoms with E-state index < -0.39 is 0 Å². The maximum atomic E-state index is 11.8. The van der Waals surface area contributed by atoms with Crippen molar-refractivity contribution in [2.45, 2.75) is 13.8 Å². The minimum Gasteiger partial charge on any atom is -0.396 e. The molecule has 4 heteroatoms. The fourth-order valence-corrected chi connectivity index (χ4v) is 1.34. The van der Waals surface area contributed by atoms with Crippen LogP contribution < -0.4 is 5.32 Å². The number of nitrogens with one attached hydrogen (secondary N) is 1. The number of carbonyl (C=O) groups excluding carboxylic acids is 1. The Morgan fingerprint density at radius 1 is 1.44 bits per heavy atom. The lowest BCUT2D eigenvalue weighted by atomic mass is 9.95. The molecule has 1 amide bonds. The average Bonchev–Trinajstić information content (AvgIpc) is 2.27. The van der Waals surface area contributed by atoms with E-state index in [0.29, 0.717) is 17.1 Å². The van der Waals surface area contributed by atoms with E-state index in [-0.39, 0.29) is 17.9 Å². The summed E-state index contributed by atoms with van der Waals surface area (Å²) in [7, 11) is 0. The number of halogens is 1. The molecule has 16 heavy (non-hydrogen) atoms. The lowest BCUT2D eigenvalue weighted by Gasteiger charge is -2.21. The maximum absolute atomic E-state index is 11.8. The second-order valence-corrected chi connectivity index (χ2v) is 4.89. The van der Waals surface area contributed by atoms with Gasteiger partial charge in [-0.25, -0.2) is 0 Å². The zero-order valence-corrected chi connectivity index (χ0v) is 10.2. The molecule has 1 rings (SSSR count). The van der Waals surface area contributed by atoms with Gasteiger partial charge in [0, 0.05) is 18.6 Å². The summed E-state index contributed by atoms with van der Waals surface area (Å²) in [5, 5.41) is 12.2. The standard InChI is InChI=1S/C12H16ClNO2/c1-12(2,8-15)7-14-11(16)9-5-3-4-6-10(9)13/h3-6,15H,7-8H2,1-2H3,(H,14,16). The van der Waals surface area contributed by atoms with Crippen molar-refractivity contribution in [1.29, 1.82) is 0 Å². The van der Waals surface area contributed by atoms with Crippen LogP contribution in [-0.2, 0) is 0 Å². The van der Waals surface area contributed by atoms with E-state index >= 15 is 0 Å². The number of rotatable bonds is 4. The van der Waals surface area contributed by atoms with Gasteiger partial charge in [-0.05, 0) is 12.1 Å². The molecule has 0 unspecified atom stereocenters. The molecule has 0 atom stereocenters. The first-order chi connectivity index (χ1) is 7.46. The topological polar surface area (TPSA) is 49.3 Å². The molecule has 0 aliphatic rings. The van der Waals surface area contributed by atoms with Gasteiger partial charge in [0.2, 0.25) is 0 Å². The van der Waals surface area contributed by atoms with Gasteiger partial charge < -0.3 is 10.4 Å². The Morgan fingerprint density at radius 2 is 2.06 bits per heavy atom. The van der Waals surface area contributed by atoms with Crippen LogP contribution in [0.5, 0.6) is 0 Å². The van der Waals surface area contributed by atoms with Gasteiger partial charge in [-0.15, -0.1) is 0 Å². The minimum absolute atomic E-state index is 0.0236. The van der Waals surface area contributed by atoms with Crippen LogP contribution in [0.1, 0.15) is 24.2 Å². The number of benzene rings is 1. The van der Waals surface area contributed by atoms with Gasteiger partial charge in [-0.3, -0.25) is 4.79 Å². The number of carbonyl (C=O) groups is 1. The first-order valence-electron chi connectivity index (χ1n) is 5.10. The molecule has 0 spiro atoms. The minimum atomic E-state index is -0.323. The van der Waals surface area contributed by atoms with E-state index in [4.69, 9.17) is 16.7 Å². The zero-order valence-electron chi connectivity index (χ0n) is 9.46. The molecular formula is C12H16ClNO2. The van der Waals surface area contributed by atoms with Crippen molar-refractivity contribution in [2.24, 2.45) is 5.41 Å². The Morgan fingerprint density at radius 3 is 2.62 bits per heavy atom. The van der Waals surface area contributed by atoms with Crippen LogP contribution in [0.25, 0.3) is 0 Å². The van der Waals surface area contributed by atoms with Crippen molar-refractivity contribution in [3.8, 4) is 0 Å². The second kappa shape index (κ2) is 5.32. The largest absolute Gasteiger partial charge is 0.396 e. The maximum Gasteiger partial charge on any atom is 0.252 e. The summed E-state index contributed by atoms with van der Waals surface area (Å²) >= 11 is 5.89. The van der Waals surface area contributed by atoms with E-state index in [1.807, 2.05) is 13.8 Å². The Bertz CT molecular complexity index is 377. The van der Waals surface area contributed by atoms with Crippen molar-refractivity contribution in [3.05, 3.63) is 34.9 Å². The SMILES string of the molecule is CC(C)(CO)CNC(=O)c1ccccc1Cl. The monoisotopic (exact) mass is 241 g/mol. The van der Waals surface area contributed by atoms with Gasteiger partial charge in [-0.1, -0.05) is 37.6 Å². The van der Waals surface area contributed by atoms with Crippen LogP contribution in [0.4, 0.5) is 0 Å². The number of aliphatic hydroxyl groups excluding tert-OH is 1. The van der Waals surface area contributed by atoms with Gasteiger partial charge in [0.15, 0.2) is 0 Å². The summed E-state index contributed by atoms with van der Waals surface area (Å²) in [5.41, 5.74) is 0.134. The lowest BCUT2D eigenvalue weighted by molar-refractivity contribution is 0.0911. The summed E-state index contributed by atoms with van der Waals surface area (Å²) in [6.45, 7) is 4.18. The predicted octanol–water partition coefficient (Wildman–Crippen LogP) is 2.09. The van der Waals surface area contributed by atoms with Crippen LogP contribution in [0.15, 0.2) is 24.3 Å². The predicted molar refractivity (Wildman–Crippen MR) is 64.7 cm³/mol. The fourth-order valence-electron chi connectivity index (χ4n) is 1.12. The molecule has 0 aliphatic heterocycles. The summed E-state index contributed by atoms with van der Waals surface area (Å²) in [4.78, 5) is 11.8. The summed E-state index contributed by atoms with van der Waals surface area (Å²) in [5.74, 6) is -0.216. The first kappa shape index (κ1) is 13.0. The van der Waals surface area contributed by atoms with E-state index in [9.17, 15) is 4.79 Å². The van der Waals surface area contributed by atoms with Crippen LogP contribution >= 0.6 is 11.6 Å². The summed E-state index contributed by atoms with van der Waals surface area (Å²) in [6.07, 6.45) is 0. The normalized spacial score (nSPS) is 11.2. The molecule has 0 bridgehead atoms. The molecule has 1 aromatic carbocycles. The molecule has 1 aromatic rings. The smallest absolute Gasteiger partial charge is 0.252 e. The van der Waals surface area contributed by atoms with Crippen LogP contribution in [-0.4, -0.2) is 24.2 Å². The fraction of sp³-hybridized carbons (Fsp3) is 0.417. The van der Waals surface area contributed by atoms with Gasteiger partial charge in [0.25, 0.3) is 5.91 Å². The molecule has 3 nitrogen and oxygen atoms in total. The van der Waals surface area contributed by atoms with Crippen molar-refractivity contribution < 1.29 is 9.90 Å². The molecule has 0 heterocycles. The molecule has 0 saturated heterocycles. The zero-order chi connectivity index (χ0) is 12.2. The average molecular weight is 242 g/mol. The first-order valence-corrected chi connectivity index (χ1v) is 5.48. The molecular weight excluding hydrogens is 226 g/mol. The molecule has 2 N–H and O–H groups in total. The highest BCUT2D eigenvalue weighted by Gasteiger charge is 2.18. The third-order valence-electron chi connectivity index (χ3n) is 2.27. The van der Waals surface area contributed by atoms with Gasteiger partial charge in [0.05, 0.1) is 10.6 Å². The van der Waals surface area contributed by atoms with Crippen LogP contribution in [0.2, 0.25) is 5.02 Å². The molecule has 0 aromatic heterocycles. The van der Waals surface area contributed by atoms with E-state index in [1.54, 1.807) is 24.3 Å². The van der Waals surface area contributed by atoms with E-state index in [1.165, 1.54) is 0 Å². The quantitative estimate of drug-likeness (QED) is 0.848. The number of amides is 1. The Labute approximate surface area is 100 Å². The molecule has 0 radical (unpaired) electrons. The Hall–Kier alpha value is -1.06. The van der Waals surface area contributed by atoms with Crippen molar-refractivity contribution in [1.82, 2.24) is 5.32 Å². The Balaban J connectivity index is 2.64. The number of hydrogen-bond donors (Lipinski definition) is 2. The molecule has 0 aliphatic carbocycles. The third-order valence-corrected chi connectivity index (χ3v) is 2.60. The second-order valence-electron chi connectivity index (χ2n) is 4.48. The molecule has 0 fully saturated rings. The highest BCUT2D eigenvalue weighted by molar-refractivity contribution is 6.33. The Kier molecular flexibility index (Phi) is 4.33. The van der Waals surface area contributed by atoms with Gasteiger partial charge >= 0.3 is 0 Å². The molecule has 88 valence electrons. The molecule has 0 saturated carbocycles. The number of aliphatic hydroxyl groups is 1. The van der Waals surface area contributed by atoms with Gasteiger partial charge in [0.1, 0.15) is 0 Å². The lowest BCUT2D eigenvalue weighted by Crippen LogP contribution is -2.36. The summed E-state index contributed by atoms with van der Waals surface area (Å²) in [6, 6.07) is 6.88. The van der Waals surface area contributed by atoms with Crippen LogP contribution in [0, 0.1) is 5.41 Å². The number of hydrogen-bond acceptors (Lipinski definition) is 2. The van der Waals surface area contributed by atoms with E-state index in [2.05, 4.69) is 5.32 Å². The van der Waals surface area contributed by atoms with Crippen molar-refractivity contribution >= 4 is 17.5 Å². The van der Waals surface area contributed by atoms with Crippen LogP contribution in [0.3, 0.4) is 0 Å². The highest BCUT2D eigenvalue weighted by Crippen LogP contribution is 2.16. The van der Waals surface area contributed by atoms with Crippen molar-refractivity contribution in [2.75, 3.05) is 13.2 Å². The van der Waals surface area contributed by atoms with E-state index in [0.717, 1.165) is 0 Å². The summed E-state index contributed by atoms with van der Waals surface area (Å²) < 4.78 is 0. The third kappa shape index (κ3) is 3.51. The highest BCUT2D eigenvalue weighted by atomic mass is 35.5.